The molecular weight excluding hydrogens is 477 g/mol. The molecule has 1 nitrogen and oxygen atoms in total. The molecule has 0 N–H and O–H groups in total. The lowest BCUT2D eigenvalue weighted by Crippen LogP contribution is -2.14. The van der Waals surface area contributed by atoms with E-state index in [4.69, 9.17) is 0 Å². The van der Waals surface area contributed by atoms with Crippen LogP contribution in [0.2, 0.25) is 0 Å². The van der Waals surface area contributed by atoms with Crippen molar-refractivity contribution in [3.8, 4) is 11.1 Å². The van der Waals surface area contributed by atoms with Gasteiger partial charge in [0.25, 0.3) is 0 Å². The highest BCUT2D eigenvalue weighted by Crippen LogP contribution is 2.60. The van der Waals surface area contributed by atoms with Crippen LogP contribution in [0.3, 0.4) is 0 Å². The summed E-state index contributed by atoms with van der Waals surface area (Å²) in [6, 6.07) is 45.0. The fourth-order valence-corrected chi connectivity index (χ4v) is 9.02. The summed E-state index contributed by atoms with van der Waals surface area (Å²) in [6.07, 6.45) is 6.65. The maximum atomic E-state index is 2.68. The average Bonchev–Trinajstić information content (AvgIpc) is 3.25. The third kappa shape index (κ3) is 3.36. The summed E-state index contributed by atoms with van der Waals surface area (Å²) in [5.41, 5.74) is 11.0. The summed E-state index contributed by atoms with van der Waals surface area (Å²) in [4.78, 5) is 0. The molecule has 0 radical (unpaired) electrons. The van der Waals surface area contributed by atoms with E-state index in [2.05, 4.69) is 138 Å². The van der Waals surface area contributed by atoms with Gasteiger partial charge in [0, 0.05) is 20.4 Å². The predicted octanol–water partition coefficient (Wildman–Crippen LogP) is 10.4. The molecule has 0 aliphatic carbocycles. The average molecular weight is 504 g/mol. The Hall–Kier alpha value is -4.19. The molecule has 0 fully saturated rings. The van der Waals surface area contributed by atoms with Crippen molar-refractivity contribution in [2.24, 2.45) is 0 Å². The third-order valence-electron chi connectivity index (χ3n) is 8.04. The molecule has 0 saturated carbocycles. The van der Waals surface area contributed by atoms with Crippen molar-refractivity contribution < 1.29 is 0 Å². The molecule has 2 heteroatoms. The van der Waals surface area contributed by atoms with Gasteiger partial charge in [0.1, 0.15) is 0 Å². The van der Waals surface area contributed by atoms with Crippen molar-refractivity contribution in [3.05, 3.63) is 144 Å². The van der Waals surface area contributed by atoms with Crippen LogP contribution in [-0.2, 0) is 12.3 Å². The summed E-state index contributed by atoms with van der Waals surface area (Å²) >= 11 is 0. The molecule has 180 valence electrons. The molecule has 0 saturated heterocycles. The maximum Gasteiger partial charge on any atom is 0.0520 e. The summed E-state index contributed by atoms with van der Waals surface area (Å²) in [5, 5.41) is 5.34. The molecule has 8 rings (SSSR count). The van der Waals surface area contributed by atoms with Crippen molar-refractivity contribution in [1.29, 1.82) is 0 Å². The van der Waals surface area contributed by atoms with Gasteiger partial charge < -0.3 is 4.67 Å². The number of benzene rings is 6. The molecule has 0 unspecified atom stereocenters. The van der Waals surface area contributed by atoms with Gasteiger partial charge >= 0.3 is 0 Å². The molecule has 6 aromatic carbocycles. The second kappa shape index (κ2) is 8.69. The first-order valence-electron chi connectivity index (χ1n) is 13.3. The number of hydrogen-bond acceptors (Lipinski definition) is 1. The van der Waals surface area contributed by atoms with Crippen LogP contribution in [0, 0.1) is 0 Å². The van der Waals surface area contributed by atoms with E-state index in [1.54, 1.807) is 0 Å². The van der Waals surface area contributed by atoms with Crippen LogP contribution in [0.4, 0.5) is 11.4 Å². The summed E-state index contributed by atoms with van der Waals surface area (Å²) in [7, 11) is -0.597. The highest BCUT2D eigenvalue weighted by Gasteiger charge is 2.31. The lowest BCUT2D eigenvalue weighted by atomic mass is 9.88. The Bertz CT molecular complexity index is 1760. The Kier molecular flexibility index (Phi) is 5.00. The second-order valence-corrected chi connectivity index (χ2v) is 12.3. The number of rotatable bonds is 1. The predicted molar refractivity (Wildman–Crippen MR) is 165 cm³/mol. The van der Waals surface area contributed by atoms with E-state index in [9.17, 15) is 0 Å². The zero-order valence-corrected chi connectivity index (χ0v) is 21.9. The van der Waals surface area contributed by atoms with Gasteiger partial charge in [-0.3, -0.25) is 0 Å². The minimum absolute atomic E-state index is 0.597. The largest absolute Gasteiger partial charge is 0.318 e. The van der Waals surface area contributed by atoms with Crippen LogP contribution < -0.4 is 4.67 Å². The molecule has 2 heterocycles. The van der Waals surface area contributed by atoms with Crippen LogP contribution in [0.5, 0.6) is 0 Å². The van der Waals surface area contributed by atoms with Gasteiger partial charge in [-0.25, -0.2) is 0 Å². The van der Waals surface area contributed by atoms with Crippen LogP contribution in [-0.4, -0.2) is 0 Å². The first kappa shape index (κ1) is 21.9. The summed E-state index contributed by atoms with van der Waals surface area (Å²) < 4.78 is 2.68. The highest BCUT2D eigenvalue weighted by molar-refractivity contribution is 7.58. The van der Waals surface area contributed by atoms with E-state index in [0.29, 0.717) is 0 Å². The third-order valence-corrected chi connectivity index (χ3v) is 10.4. The van der Waals surface area contributed by atoms with Crippen molar-refractivity contribution in [1.82, 2.24) is 0 Å². The molecule has 0 amide bonds. The van der Waals surface area contributed by atoms with E-state index in [-0.39, 0.29) is 0 Å². The lowest BCUT2D eigenvalue weighted by Gasteiger charge is -2.35. The number of para-hydroxylation sites is 2. The van der Waals surface area contributed by atoms with Crippen molar-refractivity contribution in [2.75, 3.05) is 4.67 Å². The van der Waals surface area contributed by atoms with E-state index in [0.717, 1.165) is 12.3 Å². The van der Waals surface area contributed by atoms with Crippen molar-refractivity contribution >= 4 is 53.1 Å². The molecule has 0 aromatic heterocycles. The Balaban J connectivity index is 1.42. The first-order valence-corrected chi connectivity index (χ1v) is 14.9. The molecule has 38 heavy (non-hydrogen) atoms. The molecule has 2 aliphatic rings. The fraction of sp³-hybridized carbons (Fsp3) is 0.0556. The van der Waals surface area contributed by atoms with Gasteiger partial charge in [-0.15, -0.1) is 0 Å². The first-order chi connectivity index (χ1) is 18.8. The molecule has 6 aromatic rings. The Labute approximate surface area is 224 Å². The Morgan fingerprint density at radius 2 is 0.895 bits per heavy atom. The SMILES string of the molecule is C1=Cc2ccccc2N(P2Cc3ccc4ccccc4c3-c3c(ccc4ccccc34)C2)c2ccccc21. The second-order valence-electron chi connectivity index (χ2n) is 10.2. The number of hydrogen-bond donors (Lipinski definition) is 0. The topological polar surface area (TPSA) is 3.24 Å². The molecule has 0 spiro atoms. The van der Waals surface area contributed by atoms with Gasteiger partial charge in [0.2, 0.25) is 0 Å². The standard InChI is InChI=1S/C36H26NP/c1-5-13-31-25(9-1)17-21-29-23-38(24-30-22-18-26-10-2-6-14-32(26)36(30)35(29)31)37-33-15-7-3-11-27(33)19-20-28-12-4-8-16-34(28)37/h1-22H,23-24H2. The fourth-order valence-electron chi connectivity index (χ4n) is 6.33. The van der Waals surface area contributed by atoms with Gasteiger partial charge in [-0.2, -0.15) is 0 Å². The minimum Gasteiger partial charge on any atom is -0.318 e. The van der Waals surface area contributed by atoms with Crippen LogP contribution in [0.1, 0.15) is 22.3 Å². The van der Waals surface area contributed by atoms with Gasteiger partial charge in [0.15, 0.2) is 0 Å². The van der Waals surface area contributed by atoms with Crippen LogP contribution in [0.15, 0.2) is 121 Å². The Morgan fingerprint density at radius 3 is 1.42 bits per heavy atom. The van der Waals surface area contributed by atoms with Crippen LogP contribution in [0.25, 0.3) is 44.8 Å². The smallest absolute Gasteiger partial charge is 0.0520 e. The van der Waals surface area contributed by atoms with Gasteiger partial charge in [-0.1, -0.05) is 121 Å². The van der Waals surface area contributed by atoms with E-state index < -0.39 is 8.07 Å². The normalized spacial score (nSPS) is 14.4. The molecule has 0 atom stereocenters. The van der Waals surface area contributed by atoms with Gasteiger partial charge in [-0.05, 0) is 67.1 Å². The lowest BCUT2D eigenvalue weighted by molar-refractivity contribution is 1.30. The number of fused-ring (bicyclic) bond motifs is 9. The van der Waals surface area contributed by atoms with E-state index in [1.807, 2.05) is 0 Å². The summed E-state index contributed by atoms with van der Waals surface area (Å²) in [5.74, 6) is 0. The minimum atomic E-state index is -0.597. The molecular formula is C36H26NP. The number of nitrogens with zero attached hydrogens (tertiary/aromatic N) is 1. The van der Waals surface area contributed by atoms with E-state index in [1.165, 1.54) is 66.3 Å². The quantitative estimate of drug-likeness (QED) is 0.202. The van der Waals surface area contributed by atoms with Crippen molar-refractivity contribution in [3.63, 3.8) is 0 Å². The van der Waals surface area contributed by atoms with Gasteiger partial charge in [0.05, 0.1) is 11.4 Å². The number of anilines is 2. The highest BCUT2D eigenvalue weighted by atomic mass is 31.1. The summed E-state index contributed by atoms with van der Waals surface area (Å²) in [6.45, 7) is 0. The van der Waals surface area contributed by atoms with E-state index >= 15 is 0 Å². The molecule has 2 aliphatic heterocycles. The Morgan fingerprint density at radius 1 is 0.447 bits per heavy atom. The van der Waals surface area contributed by atoms with Crippen molar-refractivity contribution in [2.45, 2.75) is 12.3 Å². The molecule has 0 bridgehead atoms. The zero-order chi connectivity index (χ0) is 25.1. The maximum absolute atomic E-state index is 2.68. The zero-order valence-electron chi connectivity index (χ0n) is 21.0. The monoisotopic (exact) mass is 503 g/mol. The van der Waals surface area contributed by atoms with Crippen LogP contribution >= 0.6 is 8.07 Å².